The molecule has 0 saturated heterocycles. The van der Waals surface area contributed by atoms with Gasteiger partial charge in [0.15, 0.2) is 0 Å². The first-order chi connectivity index (χ1) is 9.24. The van der Waals surface area contributed by atoms with Crippen molar-refractivity contribution in [1.82, 2.24) is 9.55 Å². The molecule has 3 aromatic rings. The van der Waals surface area contributed by atoms with Crippen LogP contribution in [-0.4, -0.2) is 9.55 Å². The molecule has 0 spiro atoms. The highest BCUT2D eigenvalue weighted by atomic mass is 19.1. The zero-order valence-corrected chi connectivity index (χ0v) is 10.6. The second kappa shape index (κ2) is 4.72. The number of nitrogens with zero attached hydrogens (tertiary/aromatic N) is 2. The van der Waals surface area contributed by atoms with Gasteiger partial charge in [-0.2, -0.15) is 4.39 Å². The van der Waals surface area contributed by atoms with Crippen LogP contribution in [0.4, 0.5) is 10.1 Å². The van der Waals surface area contributed by atoms with E-state index in [1.807, 2.05) is 19.2 Å². The second-order valence-corrected chi connectivity index (χ2v) is 4.51. The largest absolute Gasteiger partial charge is 0.380 e. The number of aryl methyl sites for hydroxylation is 1. The monoisotopic (exact) mass is 255 g/mol. The van der Waals surface area contributed by atoms with Gasteiger partial charge in [0.25, 0.3) is 0 Å². The molecule has 0 atom stereocenters. The van der Waals surface area contributed by atoms with Crippen molar-refractivity contribution in [3.05, 3.63) is 60.3 Å². The summed E-state index contributed by atoms with van der Waals surface area (Å²) in [6, 6.07) is 11.3. The van der Waals surface area contributed by atoms with Gasteiger partial charge in [-0.1, -0.05) is 18.2 Å². The average molecular weight is 255 g/mol. The standard InChI is InChI=1S/C15H14FN3/c1-19-10-11(13-4-2-3-5-14(13)19)8-17-12-6-7-15(16)18-9-12/h2-7,9-10,17H,8H2,1H3. The maximum atomic E-state index is 12.7. The van der Waals surface area contributed by atoms with E-state index in [0.29, 0.717) is 6.54 Å². The van der Waals surface area contributed by atoms with Crippen molar-refractivity contribution in [2.24, 2.45) is 7.05 Å². The molecule has 0 bridgehead atoms. The van der Waals surface area contributed by atoms with Gasteiger partial charge in [0, 0.05) is 30.7 Å². The third kappa shape index (κ3) is 2.29. The second-order valence-electron chi connectivity index (χ2n) is 4.51. The summed E-state index contributed by atoms with van der Waals surface area (Å²) in [4.78, 5) is 3.62. The van der Waals surface area contributed by atoms with Crippen LogP contribution in [0.3, 0.4) is 0 Å². The third-order valence-electron chi connectivity index (χ3n) is 3.19. The summed E-state index contributed by atoms with van der Waals surface area (Å²) in [7, 11) is 2.03. The number of anilines is 1. The summed E-state index contributed by atoms with van der Waals surface area (Å²) >= 11 is 0. The highest BCUT2D eigenvalue weighted by Gasteiger charge is 2.05. The van der Waals surface area contributed by atoms with E-state index in [4.69, 9.17) is 0 Å². The van der Waals surface area contributed by atoms with Crippen LogP contribution in [0.1, 0.15) is 5.56 Å². The van der Waals surface area contributed by atoms with E-state index in [2.05, 4.69) is 33.2 Å². The number of fused-ring (bicyclic) bond motifs is 1. The quantitative estimate of drug-likeness (QED) is 0.727. The van der Waals surface area contributed by atoms with Crippen molar-refractivity contribution >= 4 is 16.6 Å². The van der Waals surface area contributed by atoms with Gasteiger partial charge in [0.2, 0.25) is 5.95 Å². The topological polar surface area (TPSA) is 29.9 Å². The van der Waals surface area contributed by atoms with Crippen molar-refractivity contribution in [2.75, 3.05) is 5.32 Å². The van der Waals surface area contributed by atoms with Crippen molar-refractivity contribution in [3.8, 4) is 0 Å². The SMILES string of the molecule is Cn1cc(CNc2ccc(F)nc2)c2ccccc21. The first-order valence-electron chi connectivity index (χ1n) is 6.12. The predicted molar refractivity (Wildman–Crippen MR) is 74.4 cm³/mol. The Kier molecular flexibility index (Phi) is 2.91. The van der Waals surface area contributed by atoms with Gasteiger partial charge in [-0.15, -0.1) is 0 Å². The Labute approximate surface area is 110 Å². The molecule has 19 heavy (non-hydrogen) atoms. The zero-order valence-electron chi connectivity index (χ0n) is 10.6. The lowest BCUT2D eigenvalue weighted by Gasteiger charge is -2.04. The summed E-state index contributed by atoms with van der Waals surface area (Å²) in [5.41, 5.74) is 3.23. The van der Waals surface area contributed by atoms with Crippen LogP contribution in [0.25, 0.3) is 10.9 Å². The Balaban J connectivity index is 1.84. The lowest BCUT2D eigenvalue weighted by atomic mass is 10.2. The van der Waals surface area contributed by atoms with E-state index in [-0.39, 0.29) is 0 Å². The molecule has 0 unspecified atom stereocenters. The molecule has 3 rings (SSSR count). The van der Waals surface area contributed by atoms with Crippen LogP contribution < -0.4 is 5.32 Å². The number of halogens is 1. The van der Waals surface area contributed by atoms with E-state index >= 15 is 0 Å². The number of hydrogen-bond acceptors (Lipinski definition) is 2. The predicted octanol–water partition coefficient (Wildman–Crippen LogP) is 3.32. The molecule has 0 saturated carbocycles. The molecule has 0 aliphatic heterocycles. The van der Waals surface area contributed by atoms with Gasteiger partial charge < -0.3 is 9.88 Å². The summed E-state index contributed by atoms with van der Waals surface area (Å²) in [6.45, 7) is 0.689. The van der Waals surface area contributed by atoms with Gasteiger partial charge >= 0.3 is 0 Å². The molecule has 0 aliphatic rings. The normalized spacial score (nSPS) is 10.8. The van der Waals surface area contributed by atoms with Crippen LogP contribution in [0, 0.1) is 5.95 Å². The minimum atomic E-state index is -0.462. The third-order valence-corrected chi connectivity index (χ3v) is 3.19. The zero-order chi connectivity index (χ0) is 13.2. The van der Waals surface area contributed by atoms with Crippen LogP contribution in [0.5, 0.6) is 0 Å². The Morgan fingerprint density at radius 3 is 2.84 bits per heavy atom. The first kappa shape index (κ1) is 11.7. The molecule has 96 valence electrons. The molecule has 2 aromatic heterocycles. The molecule has 4 heteroatoms. The Morgan fingerprint density at radius 1 is 1.21 bits per heavy atom. The summed E-state index contributed by atoms with van der Waals surface area (Å²) in [5.74, 6) is -0.462. The van der Waals surface area contributed by atoms with Crippen LogP contribution >= 0.6 is 0 Å². The lowest BCUT2D eigenvalue weighted by Crippen LogP contribution is -1.99. The van der Waals surface area contributed by atoms with Gasteiger partial charge in [0.05, 0.1) is 11.9 Å². The van der Waals surface area contributed by atoms with E-state index in [1.54, 1.807) is 6.07 Å². The maximum absolute atomic E-state index is 12.7. The van der Waals surface area contributed by atoms with Crippen LogP contribution in [-0.2, 0) is 13.6 Å². The highest BCUT2D eigenvalue weighted by molar-refractivity contribution is 5.84. The van der Waals surface area contributed by atoms with E-state index in [0.717, 1.165) is 5.69 Å². The fourth-order valence-corrected chi connectivity index (χ4v) is 2.24. The van der Waals surface area contributed by atoms with Crippen LogP contribution in [0.2, 0.25) is 0 Å². The van der Waals surface area contributed by atoms with Gasteiger partial charge in [-0.3, -0.25) is 0 Å². The number of rotatable bonds is 3. The Hall–Kier alpha value is -2.36. The molecule has 1 aromatic carbocycles. The summed E-state index contributed by atoms with van der Waals surface area (Å²) in [6.07, 6.45) is 3.61. The Morgan fingerprint density at radius 2 is 2.05 bits per heavy atom. The molecule has 0 fully saturated rings. The minimum absolute atomic E-state index is 0.462. The molecule has 3 nitrogen and oxygen atoms in total. The highest BCUT2D eigenvalue weighted by Crippen LogP contribution is 2.21. The summed E-state index contributed by atoms with van der Waals surface area (Å²) in [5, 5.41) is 4.48. The minimum Gasteiger partial charge on any atom is -0.380 e. The number of aromatic nitrogens is 2. The maximum Gasteiger partial charge on any atom is 0.212 e. The van der Waals surface area contributed by atoms with Crippen molar-refractivity contribution in [3.63, 3.8) is 0 Å². The van der Waals surface area contributed by atoms with E-state index in [1.165, 1.54) is 28.7 Å². The number of hydrogen-bond donors (Lipinski definition) is 1. The fourth-order valence-electron chi connectivity index (χ4n) is 2.24. The van der Waals surface area contributed by atoms with Crippen LogP contribution in [0.15, 0.2) is 48.8 Å². The van der Waals surface area contributed by atoms with Gasteiger partial charge in [-0.05, 0) is 23.8 Å². The van der Waals surface area contributed by atoms with Crippen molar-refractivity contribution < 1.29 is 4.39 Å². The molecule has 0 aliphatic carbocycles. The number of pyridine rings is 1. The van der Waals surface area contributed by atoms with Gasteiger partial charge in [0.1, 0.15) is 0 Å². The Bertz CT molecular complexity index is 701. The number of para-hydroxylation sites is 1. The van der Waals surface area contributed by atoms with E-state index < -0.39 is 5.95 Å². The molecule has 0 amide bonds. The smallest absolute Gasteiger partial charge is 0.212 e. The summed E-state index contributed by atoms with van der Waals surface area (Å²) < 4.78 is 14.8. The average Bonchev–Trinajstić information content (AvgIpc) is 2.76. The number of nitrogens with one attached hydrogen (secondary N) is 1. The fraction of sp³-hybridized carbons (Fsp3) is 0.133. The molecule has 1 N–H and O–H groups in total. The molecular weight excluding hydrogens is 241 g/mol. The molecular formula is C15H14FN3. The number of benzene rings is 1. The first-order valence-corrected chi connectivity index (χ1v) is 6.12. The van der Waals surface area contributed by atoms with E-state index in [9.17, 15) is 4.39 Å². The van der Waals surface area contributed by atoms with Gasteiger partial charge in [-0.25, -0.2) is 4.98 Å². The molecule has 0 radical (unpaired) electrons. The lowest BCUT2D eigenvalue weighted by molar-refractivity contribution is 0.584. The van der Waals surface area contributed by atoms with Crippen molar-refractivity contribution in [2.45, 2.75) is 6.54 Å². The van der Waals surface area contributed by atoms with Crippen molar-refractivity contribution in [1.29, 1.82) is 0 Å². The molecule has 2 heterocycles.